The van der Waals surface area contributed by atoms with E-state index in [0.717, 1.165) is 15.9 Å². The van der Waals surface area contributed by atoms with E-state index < -0.39 is 0 Å². The maximum Gasteiger partial charge on any atom is 0.0793 e. The van der Waals surface area contributed by atoms with Crippen LogP contribution in [-0.2, 0) is 5.88 Å². The highest BCUT2D eigenvalue weighted by atomic mass is 79.9. The molecule has 3 nitrogen and oxygen atoms in total. The molecule has 5 heteroatoms. The van der Waals surface area contributed by atoms with Crippen LogP contribution < -0.4 is 0 Å². The summed E-state index contributed by atoms with van der Waals surface area (Å²) in [6.45, 7) is 0. The molecule has 0 aliphatic carbocycles. The van der Waals surface area contributed by atoms with Crippen LogP contribution in [-0.4, -0.2) is 15.0 Å². The first-order valence-corrected chi connectivity index (χ1v) is 5.35. The molecule has 0 aliphatic heterocycles. The van der Waals surface area contributed by atoms with Crippen LogP contribution in [0.2, 0.25) is 0 Å². The molecule has 1 aromatic carbocycles. The Hall–Kier alpha value is -0.870. The van der Waals surface area contributed by atoms with Crippen LogP contribution in [0.3, 0.4) is 0 Å². The topological polar surface area (TPSA) is 30.7 Å². The lowest BCUT2D eigenvalue weighted by atomic mass is 10.3. The predicted molar refractivity (Wildman–Crippen MR) is 58.6 cm³/mol. The monoisotopic (exact) mass is 271 g/mol. The summed E-state index contributed by atoms with van der Waals surface area (Å²) in [6.07, 6.45) is 1.66. The van der Waals surface area contributed by atoms with E-state index in [1.54, 1.807) is 10.9 Å². The van der Waals surface area contributed by atoms with Crippen molar-refractivity contribution < 1.29 is 0 Å². The first-order valence-electron chi connectivity index (χ1n) is 4.03. The van der Waals surface area contributed by atoms with Crippen molar-refractivity contribution in [3.63, 3.8) is 0 Å². The lowest BCUT2D eigenvalue weighted by molar-refractivity contribution is 0.781. The summed E-state index contributed by atoms with van der Waals surface area (Å²) in [7, 11) is 0. The fourth-order valence-corrected chi connectivity index (χ4v) is 1.74. The summed E-state index contributed by atoms with van der Waals surface area (Å²) in [5.41, 5.74) is 1.83. The maximum atomic E-state index is 5.75. The van der Waals surface area contributed by atoms with Crippen LogP contribution in [0.4, 0.5) is 0 Å². The number of hydrogen-bond donors (Lipinski definition) is 0. The van der Waals surface area contributed by atoms with Gasteiger partial charge in [-0.3, -0.25) is 0 Å². The average molecular weight is 273 g/mol. The van der Waals surface area contributed by atoms with Gasteiger partial charge >= 0.3 is 0 Å². The Labute approximate surface area is 94.8 Å². The maximum absolute atomic E-state index is 5.75. The van der Waals surface area contributed by atoms with Gasteiger partial charge in [0.2, 0.25) is 0 Å². The fraction of sp³-hybridized carbons (Fsp3) is 0.111. The molecule has 0 saturated heterocycles. The van der Waals surface area contributed by atoms with Crippen molar-refractivity contribution in [2.75, 3.05) is 0 Å². The van der Waals surface area contributed by atoms with E-state index >= 15 is 0 Å². The second-order valence-corrected chi connectivity index (χ2v) is 3.93. The van der Waals surface area contributed by atoms with Gasteiger partial charge in [0.1, 0.15) is 0 Å². The zero-order chi connectivity index (χ0) is 9.97. The molecular weight excluding hydrogens is 265 g/mol. The lowest BCUT2D eigenvalue weighted by Gasteiger charge is -2.03. The fourth-order valence-electron chi connectivity index (χ4n) is 1.17. The molecule has 1 aromatic heterocycles. The van der Waals surface area contributed by atoms with E-state index in [-0.39, 0.29) is 0 Å². The third-order valence-electron chi connectivity index (χ3n) is 1.81. The number of nitrogens with zero attached hydrogens (tertiary/aromatic N) is 3. The molecule has 0 aliphatic rings. The van der Waals surface area contributed by atoms with E-state index in [1.165, 1.54) is 0 Å². The molecule has 0 N–H and O–H groups in total. The number of hydrogen-bond acceptors (Lipinski definition) is 2. The summed E-state index contributed by atoms with van der Waals surface area (Å²) in [6, 6.07) is 7.82. The number of aromatic nitrogens is 3. The Bertz CT molecular complexity index is 441. The minimum absolute atomic E-state index is 0.402. The molecule has 0 saturated carbocycles. The van der Waals surface area contributed by atoms with Crippen molar-refractivity contribution in [2.45, 2.75) is 5.88 Å². The van der Waals surface area contributed by atoms with E-state index in [4.69, 9.17) is 11.6 Å². The molecular formula is C9H7BrClN3. The highest BCUT2D eigenvalue weighted by molar-refractivity contribution is 9.10. The van der Waals surface area contributed by atoms with Gasteiger partial charge in [-0.25, -0.2) is 4.68 Å². The Morgan fingerprint density at radius 1 is 1.43 bits per heavy atom. The Morgan fingerprint density at radius 3 is 3.00 bits per heavy atom. The summed E-state index contributed by atoms with van der Waals surface area (Å²) in [4.78, 5) is 0. The van der Waals surface area contributed by atoms with Crippen LogP contribution in [0, 0.1) is 0 Å². The molecule has 14 heavy (non-hydrogen) atoms. The molecule has 0 bridgehead atoms. The lowest BCUT2D eigenvalue weighted by Crippen LogP contribution is -2.00. The van der Waals surface area contributed by atoms with Gasteiger partial charge in [-0.15, -0.1) is 16.7 Å². The predicted octanol–water partition coefficient (Wildman–Crippen LogP) is 2.77. The minimum atomic E-state index is 0.402. The van der Waals surface area contributed by atoms with Gasteiger partial charge in [0.05, 0.1) is 23.5 Å². The second kappa shape index (κ2) is 4.11. The summed E-state index contributed by atoms with van der Waals surface area (Å²) in [5.74, 6) is 0.402. The molecule has 0 spiro atoms. The second-order valence-electron chi connectivity index (χ2n) is 2.75. The van der Waals surface area contributed by atoms with Crippen LogP contribution >= 0.6 is 27.5 Å². The zero-order valence-electron chi connectivity index (χ0n) is 7.19. The first-order chi connectivity index (χ1) is 6.81. The van der Waals surface area contributed by atoms with Crippen molar-refractivity contribution in [3.05, 3.63) is 40.6 Å². The zero-order valence-corrected chi connectivity index (χ0v) is 9.53. The molecule has 2 aromatic rings. The van der Waals surface area contributed by atoms with Crippen LogP contribution in [0.1, 0.15) is 5.69 Å². The summed E-state index contributed by atoms with van der Waals surface area (Å²) in [5, 5.41) is 7.77. The Kier molecular flexibility index (Phi) is 2.84. The van der Waals surface area contributed by atoms with Gasteiger partial charge < -0.3 is 0 Å². The van der Waals surface area contributed by atoms with E-state index in [0.29, 0.717) is 5.88 Å². The molecule has 2 rings (SSSR count). The van der Waals surface area contributed by atoms with Gasteiger partial charge in [-0.05, 0) is 18.2 Å². The number of rotatable bonds is 2. The molecule has 0 unspecified atom stereocenters. The van der Waals surface area contributed by atoms with Crippen LogP contribution in [0.15, 0.2) is 34.9 Å². The van der Waals surface area contributed by atoms with E-state index in [2.05, 4.69) is 26.2 Å². The van der Waals surface area contributed by atoms with Gasteiger partial charge in [0, 0.05) is 4.47 Å². The van der Waals surface area contributed by atoms with E-state index in [1.807, 2.05) is 24.3 Å². The van der Waals surface area contributed by atoms with Crippen molar-refractivity contribution in [1.82, 2.24) is 15.0 Å². The van der Waals surface area contributed by atoms with Crippen LogP contribution in [0.5, 0.6) is 0 Å². The van der Waals surface area contributed by atoms with Gasteiger partial charge in [0.25, 0.3) is 0 Å². The van der Waals surface area contributed by atoms with Crippen LogP contribution in [0.25, 0.3) is 5.69 Å². The molecule has 0 amide bonds. The third-order valence-corrected chi connectivity index (χ3v) is 2.58. The summed E-state index contributed by atoms with van der Waals surface area (Å²) < 4.78 is 2.73. The third kappa shape index (κ3) is 1.81. The van der Waals surface area contributed by atoms with Gasteiger partial charge in [-0.2, -0.15) is 0 Å². The minimum Gasteiger partial charge on any atom is -0.216 e. The highest BCUT2D eigenvalue weighted by Crippen LogP contribution is 2.16. The van der Waals surface area contributed by atoms with Gasteiger partial charge in [-0.1, -0.05) is 27.2 Å². The normalized spacial score (nSPS) is 10.4. The first kappa shape index (κ1) is 9.68. The van der Waals surface area contributed by atoms with E-state index in [9.17, 15) is 0 Å². The Balaban J connectivity index is 2.49. The van der Waals surface area contributed by atoms with Crippen molar-refractivity contribution in [2.24, 2.45) is 0 Å². The smallest absolute Gasteiger partial charge is 0.0793 e. The molecule has 0 radical (unpaired) electrons. The largest absolute Gasteiger partial charge is 0.216 e. The Morgan fingerprint density at radius 2 is 2.29 bits per heavy atom. The van der Waals surface area contributed by atoms with Crippen molar-refractivity contribution in [1.29, 1.82) is 0 Å². The summed E-state index contributed by atoms with van der Waals surface area (Å²) >= 11 is 9.15. The van der Waals surface area contributed by atoms with Crippen molar-refractivity contribution in [3.8, 4) is 5.69 Å². The molecule has 72 valence electrons. The van der Waals surface area contributed by atoms with Gasteiger partial charge in [0.15, 0.2) is 0 Å². The quantitative estimate of drug-likeness (QED) is 0.787. The molecule has 0 fully saturated rings. The average Bonchev–Trinajstić information content (AvgIpc) is 2.65. The standard InChI is InChI=1S/C9H7BrClN3/c10-7-2-1-3-8(4-7)14-9(5-11)6-12-13-14/h1-4,6H,5H2. The number of benzene rings is 1. The number of halogens is 2. The SMILES string of the molecule is ClCc1cnnn1-c1cccc(Br)c1. The molecule has 0 atom stereocenters. The molecule has 1 heterocycles. The van der Waals surface area contributed by atoms with Crippen molar-refractivity contribution >= 4 is 27.5 Å². The highest BCUT2D eigenvalue weighted by Gasteiger charge is 2.04. The number of alkyl halides is 1.